The zero-order valence-electron chi connectivity index (χ0n) is 13.9. The minimum absolute atomic E-state index is 0.211. The van der Waals surface area contributed by atoms with Gasteiger partial charge in [-0.25, -0.2) is 9.82 Å². The Morgan fingerprint density at radius 3 is 2.81 bits per heavy atom. The van der Waals surface area contributed by atoms with E-state index in [1.807, 2.05) is 13.0 Å². The minimum Gasteiger partial charge on any atom is -0.484 e. The monoisotopic (exact) mass is 354 g/mol. The average molecular weight is 354 g/mol. The van der Waals surface area contributed by atoms with Gasteiger partial charge in [0.15, 0.2) is 6.61 Å². The molecule has 0 aliphatic carbocycles. The van der Waals surface area contributed by atoms with Crippen molar-refractivity contribution in [2.24, 2.45) is 5.10 Å². The number of hydrogen-bond donors (Lipinski definition) is 1. The van der Waals surface area contributed by atoms with E-state index in [9.17, 15) is 14.0 Å². The number of carbonyl (C=O) groups excluding carboxylic acids is 1. The number of amides is 1. The van der Waals surface area contributed by atoms with E-state index in [1.54, 1.807) is 12.1 Å². The Labute approximate surface area is 147 Å². The minimum atomic E-state index is -0.522. The molecule has 0 saturated heterocycles. The van der Waals surface area contributed by atoms with Gasteiger partial charge in [0, 0.05) is 0 Å². The molecule has 1 amide bonds. The molecule has 0 spiro atoms. The summed E-state index contributed by atoms with van der Waals surface area (Å²) in [7, 11) is 0. The molecule has 132 valence electrons. The molecule has 0 radical (unpaired) electrons. The Hall–Kier alpha value is -3.48. The highest BCUT2D eigenvalue weighted by Gasteiger charge is 2.06. The van der Waals surface area contributed by atoms with E-state index >= 15 is 0 Å². The van der Waals surface area contributed by atoms with E-state index < -0.39 is 11.7 Å². The van der Waals surface area contributed by atoms with Gasteiger partial charge in [-0.2, -0.15) is 5.10 Å². The Kier molecular flexibility index (Phi) is 5.07. The fourth-order valence-electron chi connectivity index (χ4n) is 2.23. The first-order valence-corrected chi connectivity index (χ1v) is 7.75. The molecule has 0 fully saturated rings. The van der Waals surface area contributed by atoms with Crippen molar-refractivity contribution in [3.05, 3.63) is 75.9 Å². The number of rotatable bonds is 5. The predicted octanol–water partition coefficient (Wildman–Crippen LogP) is 2.77. The largest absolute Gasteiger partial charge is 0.484 e. The fraction of sp³-hybridized carbons (Fsp3) is 0.105. The summed E-state index contributed by atoms with van der Waals surface area (Å²) in [5, 5.41) is 4.18. The molecule has 0 bridgehead atoms. The third-order valence-electron chi connectivity index (χ3n) is 3.53. The smallest absolute Gasteiger partial charge is 0.277 e. The summed E-state index contributed by atoms with van der Waals surface area (Å²) in [5.74, 6) is -0.557. The summed E-state index contributed by atoms with van der Waals surface area (Å²) in [4.78, 5) is 24.1. The second kappa shape index (κ2) is 7.60. The number of nitrogens with zero attached hydrogens (tertiary/aromatic N) is 1. The van der Waals surface area contributed by atoms with Crippen molar-refractivity contribution in [3.8, 4) is 5.75 Å². The van der Waals surface area contributed by atoms with Crippen LogP contribution in [-0.2, 0) is 4.79 Å². The molecule has 2 aromatic carbocycles. The number of hydrazone groups is 1. The van der Waals surface area contributed by atoms with E-state index in [0.717, 1.165) is 5.56 Å². The number of nitrogens with one attached hydrogen (secondary N) is 1. The molecular weight excluding hydrogens is 339 g/mol. The van der Waals surface area contributed by atoms with Gasteiger partial charge in [0.05, 0.1) is 17.2 Å². The fourth-order valence-corrected chi connectivity index (χ4v) is 2.23. The van der Waals surface area contributed by atoms with Crippen LogP contribution in [0, 0.1) is 12.7 Å². The molecule has 0 saturated carbocycles. The van der Waals surface area contributed by atoms with Gasteiger partial charge in [-0.05, 0) is 43.3 Å². The second-order valence-electron chi connectivity index (χ2n) is 5.56. The lowest BCUT2D eigenvalue weighted by Crippen LogP contribution is -2.25. The van der Waals surface area contributed by atoms with Gasteiger partial charge in [0.1, 0.15) is 23.4 Å². The van der Waals surface area contributed by atoms with Crippen LogP contribution in [0.3, 0.4) is 0 Å². The van der Waals surface area contributed by atoms with Crippen molar-refractivity contribution in [3.63, 3.8) is 0 Å². The lowest BCUT2D eigenvalue weighted by Gasteiger charge is -2.04. The van der Waals surface area contributed by atoms with E-state index in [1.165, 1.54) is 36.7 Å². The number of carbonyl (C=O) groups is 1. The van der Waals surface area contributed by atoms with Crippen molar-refractivity contribution < 1.29 is 18.3 Å². The number of ether oxygens (including phenoxy) is 1. The van der Waals surface area contributed by atoms with Crippen molar-refractivity contribution in [2.75, 3.05) is 6.61 Å². The van der Waals surface area contributed by atoms with E-state index in [-0.39, 0.29) is 17.6 Å². The van der Waals surface area contributed by atoms with Gasteiger partial charge in [-0.1, -0.05) is 11.6 Å². The van der Waals surface area contributed by atoms with Crippen LogP contribution in [-0.4, -0.2) is 18.7 Å². The maximum absolute atomic E-state index is 12.8. The molecule has 0 aliphatic rings. The first-order valence-electron chi connectivity index (χ1n) is 7.75. The first kappa shape index (κ1) is 17.3. The van der Waals surface area contributed by atoms with Gasteiger partial charge in [-0.15, -0.1) is 0 Å². The molecule has 3 rings (SSSR count). The van der Waals surface area contributed by atoms with Crippen LogP contribution in [0.15, 0.2) is 63.0 Å². The van der Waals surface area contributed by atoms with Crippen LogP contribution < -0.4 is 15.6 Å². The van der Waals surface area contributed by atoms with E-state index in [2.05, 4.69) is 10.5 Å². The third-order valence-corrected chi connectivity index (χ3v) is 3.53. The Morgan fingerprint density at radius 2 is 2.04 bits per heavy atom. The van der Waals surface area contributed by atoms with Crippen molar-refractivity contribution in [2.45, 2.75) is 6.92 Å². The molecular formula is C19H15FN2O4. The topological polar surface area (TPSA) is 80.9 Å². The standard InChI is InChI=1S/C19H15FN2O4/c1-12-2-7-17-16(8-12)19(24)13(10-26-17)9-21-22-18(23)11-25-15-5-3-14(20)4-6-15/h2-10H,11H2,1H3,(H,22,23)/b21-9+. The van der Waals surface area contributed by atoms with Crippen LogP contribution >= 0.6 is 0 Å². The number of fused-ring (bicyclic) bond motifs is 1. The van der Waals surface area contributed by atoms with Gasteiger partial charge >= 0.3 is 0 Å². The van der Waals surface area contributed by atoms with Gasteiger partial charge in [0.2, 0.25) is 5.43 Å². The molecule has 26 heavy (non-hydrogen) atoms. The maximum atomic E-state index is 12.8. The summed E-state index contributed by atoms with van der Waals surface area (Å²) in [6.45, 7) is 1.58. The molecule has 3 aromatic rings. The van der Waals surface area contributed by atoms with Gasteiger partial charge < -0.3 is 9.15 Å². The predicted molar refractivity (Wildman–Crippen MR) is 94.9 cm³/mol. The molecule has 1 heterocycles. The Morgan fingerprint density at radius 1 is 1.27 bits per heavy atom. The summed E-state index contributed by atoms with van der Waals surface area (Å²) in [6.07, 6.45) is 2.49. The number of hydrogen-bond acceptors (Lipinski definition) is 5. The lowest BCUT2D eigenvalue weighted by atomic mass is 10.1. The van der Waals surface area contributed by atoms with Crippen LogP contribution in [0.25, 0.3) is 11.0 Å². The normalized spacial score (nSPS) is 11.0. The highest BCUT2D eigenvalue weighted by atomic mass is 19.1. The number of halogens is 1. The molecule has 0 unspecified atom stereocenters. The van der Waals surface area contributed by atoms with Crippen LogP contribution in [0.2, 0.25) is 0 Å². The number of benzene rings is 2. The van der Waals surface area contributed by atoms with E-state index in [0.29, 0.717) is 16.7 Å². The van der Waals surface area contributed by atoms with Gasteiger partial charge in [0.25, 0.3) is 5.91 Å². The molecule has 1 N–H and O–H groups in total. The van der Waals surface area contributed by atoms with Crippen LogP contribution in [0.5, 0.6) is 5.75 Å². The summed E-state index contributed by atoms with van der Waals surface area (Å²) < 4.78 is 23.4. The first-order chi connectivity index (χ1) is 12.5. The SMILES string of the molecule is Cc1ccc2occ(/C=N/NC(=O)COc3ccc(F)cc3)c(=O)c2c1. The molecule has 0 aliphatic heterocycles. The zero-order chi connectivity index (χ0) is 18.5. The highest BCUT2D eigenvalue weighted by Crippen LogP contribution is 2.13. The molecule has 0 atom stereocenters. The molecule has 6 nitrogen and oxygen atoms in total. The summed E-state index contributed by atoms with van der Waals surface area (Å²) in [6, 6.07) is 10.6. The summed E-state index contributed by atoms with van der Waals surface area (Å²) >= 11 is 0. The lowest BCUT2D eigenvalue weighted by molar-refractivity contribution is -0.123. The Balaban J connectivity index is 1.62. The van der Waals surface area contributed by atoms with Crippen molar-refractivity contribution in [1.82, 2.24) is 5.43 Å². The third kappa shape index (κ3) is 4.13. The average Bonchev–Trinajstić information content (AvgIpc) is 2.63. The maximum Gasteiger partial charge on any atom is 0.277 e. The van der Waals surface area contributed by atoms with Crippen molar-refractivity contribution in [1.29, 1.82) is 0 Å². The quantitative estimate of drug-likeness (QED) is 0.564. The van der Waals surface area contributed by atoms with Crippen LogP contribution in [0.1, 0.15) is 11.1 Å². The number of aryl methyl sites for hydroxylation is 1. The second-order valence-corrected chi connectivity index (χ2v) is 5.56. The Bertz CT molecular complexity index is 1030. The van der Waals surface area contributed by atoms with Gasteiger partial charge in [-0.3, -0.25) is 9.59 Å². The van der Waals surface area contributed by atoms with E-state index in [4.69, 9.17) is 9.15 Å². The van der Waals surface area contributed by atoms with Crippen LogP contribution in [0.4, 0.5) is 4.39 Å². The molecule has 1 aromatic heterocycles. The zero-order valence-corrected chi connectivity index (χ0v) is 13.9. The summed E-state index contributed by atoms with van der Waals surface area (Å²) in [5.41, 5.74) is 3.64. The van der Waals surface area contributed by atoms with Crippen molar-refractivity contribution >= 4 is 23.1 Å². The highest BCUT2D eigenvalue weighted by molar-refractivity contribution is 5.87. The molecule has 7 heteroatoms.